The summed E-state index contributed by atoms with van der Waals surface area (Å²) in [4.78, 5) is 25.2. The van der Waals surface area contributed by atoms with Gasteiger partial charge < -0.3 is 18.7 Å². The van der Waals surface area contributed by atoms with Crippen molar-refractivity contribution in [2.75, 3.05) is 13.7 Å². The Hall–Kier alpha value is -3.61. The molecular weight excluding hydrogens is 362 g/mol. The van der Waals surface area contributed by atoms with Gasteiger partial charge in [-0.05, 0) is 24.6 Å². The van der Waals surface area contributed by atoms with Crippen LogP contribution in [0.2, 0.25) is 0 Å². The third kappa shape index (κ3) is 4.20. The van der Waals surface area contributed by atoms with Gasteiger partial charge in [-0.2, -0.15) is 0 Å². The van der Waals surface area contributed by atoms with Gasteiger partial charge in [-0.3, -0.25) is 4.79 Å². The maximum absolute atomic E-state index is 12.8. The van der Waals surface area contributed by atoms with Crippen molar-refractivity contribution >= 4 is 11.8 Å². The lowest BCUT2D eigenvalue weighted by Gasteiger charge is -2.15. The Kier molecular flexibility index (Phi) is 6.06. The average molecular weight is 381 g/mol. The smallest absolute Gasteiger partial charge is 0.339 e. The van der Waals surface area contributed by atoms with Crippen molar-refractivity contribution < 1.29 is 28.3 Å². The summed E-state index contributed by atoms with van der Waals surface area (Å²) < 4.78 is 21.2. The second kappa shape index (κ2) is 8.85. The van der Waals surface area contributed by atoms with Crippen molar-refractivity contribution in [1.29, 1.82) is 0 Å². The molecule has 0 aliphatic heterocycles. The first kappa shape index (κ1) is 19.2. The predicted molar refractivity (Wildman–Crippen MR) is 99.7 cm³/mol. The highest BCUT2D eigenvalue weighted by Crippen LogP contribution is 2.33. The molecule has 28 heavy (non-hydrogen) atoms. The standard InChI is InChI=1S/C21H19NO6/c1-3-26-21(24)16-12-18(25-2)19(27-13-14-7-5-4-6-8-14)11-15(16)20(23)17-9-10-22-28-17/h4-12H,3,13H2,1-2H3. The van der Waals surface area contributed by atoms with Gasteiger partial charge in [-0.1, -0.05) is 35.5 Å². The number of carbonyl (C=O) groups excluding carboxylic acids is 2. The summed E-state index contributed by atoms with van der Waals surface area (Å²) in [6, 6.07) is 13.9. The van der Waals surface area contributed by atoms with Gasteiger partial charge in [-0.25, -0.2) is 4.79 Å². The Bertz CT molecular complexity index is 951. The van der Waals surface area contributed by atoms with Gasteiger partial charge >= 0.3 is 5.97 Å². The van der Waals surface area contributed by atoms with E-state index >= 15 is 0 Å². The van der Waals surface area contributed by atoms with Crippen molar-refractivity contribution in [2.45, 2.75) is 13.5 Å². The van der Waals surface area contributed by atoms with Gasteiger partial charge in [0, 0.05) is 11.6 Å². The number of benzene rings is 2. The molecule has 0 atom stereocenters. The quantitative estimate of drug-likeness (QED) is 0.434. The van der Waals surface area contributed by atoms with Crippen LogP contribution in [-0.2, 0) is 11.3 Å². The Balaban J connectivity index is 2.01. The third-order valence-electron chi connectivity index (χ3n) is 3.94. The van der Waals surface area contributed by atoms with Crippen LogP contribution in [-0.4, -0.2) is 30.6 Å². The number of rotatable bonds is 8. The molecule has 2 aromatic carbocycles. The molecule has 144 valence electrons. The van der Waals surface area contributed by atoms with Crippen molar-refractivity contribution in [3.8, 4) is 11.5 Å². The summed E-state index contributed by atoms with van der Waals surface area (Å²) in [7, 11) is 1.46. The van der Waals surface area contributed by atoms with Crippen LogP contribution >= 0.6 is 0 Å². The minimum atomic E-state index is -0.640. The lowest BCUT2D eigenvalue weighted by atomic mass is 10.0. The average Bonchev–Trinajstić information content (AvgIpc) is 3.27. The van der Waals surface area contributed by atoms with Gasteiger partial charge in [0.25, 0.3) is 0 Å². The number of ether oxygens (including phenoxy) is 3. The molecule has 3 rings (SSSR count). The van der Waals surface area contributed by atoms with Crippen LogP contribution in [0.3, 0.4) is 0 Å². The van der Waals surface area contributed by atoms with E-state index in [9.17, 15) is 9.59 Å². The topological polar surface area (TPSA) is 87.9 Å². The molecule has 0 fully saturated rings. The number of hydrogen-bond acceptors (Lipinski definition) is 7. The zero-order valence-electron chi connectivity index (χ0n) is 15.5. The first-order valence-corrected chi connectivity index (χ1v) is 8.65. The van der Waals surface area contributed by atoms with E-state index in [1.807, 2.05) is 30.3 Å². The zero-order valence-corrected chi connectivity index (χ0v) is 15.5. The number of nitrogens with zero attached hydrogens (tertiary/aromatic N) is 1. The Labute approximate surface area is 161 Å². The first-order chi connectivity index (χ1) is 13.6. The largest absolute Gasteiger partial charge is 0.493 e. The number of methoxy groups -OCH3 is 1. The van der Waals surface area contributed by atoms with Crippen molar-refractivity contribution in [3.63, 3.8) is 0 Å². The predicted octanol–water partition coefficient (Wildman–Crippen LogP) is 3.67. The van der Waals surface area contributed by atoms with Crippen LogP contribution in [0.5, 0.6) is 11.5 Å². The van der Waals surface area contributed by atoms with Crippen molar-refractivity contribution in [1.82, 2.24) is 5.16 Å². The monoisotopic (exact) mass is 381 g/mol. The first-order valence-electron chi connectivity index (χ1n) is 8.65. The van der Waals surface area contributed by atoms with Gasteiger partial charge in [0.05, 0.1) is 25.5 Å². The van der Waals surface area contributed by atoms with Gasteiger partial charge in [0.15, 0.2) is 11.5 Å². The fourth-order valence-corrected chi connectivity index (χ4v) is 2.60. The molecule has 1 heterocycles. The van der Waals surface area contributed by atoms with E-state index in [0.29, 0.717) is 11.5 Å². The molecule has 0 aliphatic carbocycles. The number of carbonyl (C=O) groups is 2. The fourth-order valence-electron chi connectivity index (χ4n) is 2.60. The molecular formula is C21H19NO6. The number of hydrogen-bond donors (Lipinski definition) is 0. The summed E-state index contributed by atoms with van der Waals surface area (Å²) in [5.41, 5.74) is 1.09. The maximum atomic E-state index is 12.8. The van der Waals surface area contributed by atoms with Gasteiger partial charge in [-0.15, -0.1) is 0 Å². The second-order valence-corrected chi connectivity index (χ2v) is 5.75. The molecule has 7 nitrogen and oxygen atoms in total. The van der Waals surface area contributed by atoms with Crippen molar-refractivity contribution in [3.05, 3.63) is 77.2 Å². The molecule has 1 aromatic heterocycles. The SMILES string of the molecule is CCOC(=O)c1cc(OC)c(OCc2ccccc2)cc1C(=O)c1ccno1. The molecule has 0 unspecified atom stereocenters. The Morgan fingerprint density at radius 3 is 2.43 bits per heavy atom. The van der Waals surface area contributed by atoms with Crippen LogP contribution in [0.4, 0.5) is 0 Å². The lowest BCUT2D eigenvalue weighted by molar-refractivity contribution is 0.0522. The maximum Gasteiger partial charge on any atom is 0.339 e. The molecule has 0 bridgehead atoms. The molecule has 0 radical (unpaired) electrons. The second-order valence-electron chi connectivity index (χ2n) is 5.75. The Morgan fingerprint density at radius 2 is 1.79 bits per heavy atom. The van der Waals surface area contributed by atoms with Crippen LogP contribution < -0.4 is 9.47 Å². The third-order valence-corrected chi connectivity index (χ3v) is 3.94. The van der Waals surface area contributed by atoms with E-state index in [1.165, 1.54) is 31.5 Å². The Morgan fingerprint density at radius 1 is 1.04 bits per heavy atom. The minimum Gasteiger partial charge on any atom is -0.493 e. The van der Waals surface area contributed by atoms with E-state index < -0.39 is 11.8 Å². The number of ketones is 1. The lowest BCUT2D eigenvalue weighted by Crippen LogP contribution is -2.13. The summed E-state index contributed by atoms with van der Waals surface area (Å²) in [5.74, 6) is -0.508. The number of aromatic nitrogens is 1. The van der Waals surface area contributed by atoms with E-state index in [-0.39, 0.29) is 30.1 Å². The summed E-state index contributed by atoms with van der Waals surface area (Å²) in [5, 5.41) is 3.54. The van der Waals surface area contributed by atoms with E-state index in [1.54, 1.807) is 6.92 Å². The zero-order chi connectivity index (χ0) is 19.9. The molecule has 0 saturated carbocycles. The fraction of sp³-hybridized carbons (Fsp3) is 0.190. The molecule has 0 saturated heterocycles. The van der Waals surface area contributed by atoms with Crippen molar-refractivity contribution in [2.24, 2.45) is 0 Å². The van der Waals surface area contributed by atoms with Crippen LogP contribution in [0.25, 0.3) is 0 Å². The van der Waals surface area contributed by atoms with E-state index in [0.717, 1.165) is 5.56 Å². The highest BCUT2D eigenvalue weighted by molar-refractivity contribution is 6.13. The normalized spacial score (nSPS) is 10.4. The highest BCUT2D eigenvalue weighted by atomic mass is 16.5. The van der Waals surface area contributed by atoms with E-state index in [4.69, 9.17) is 18.7 Å². The minimum absolute atomic E-state index is 0.00437. The molecule has 0 N–H and O–H groups in total. The number of esters is 1. The molecule has 0 aliphatic rings. The van der Waals surface area contributed by atoms with Crippen LogP contribution in [0, 0.1) is 0 Å². The van der Waals surface area contributed by atoms with Crippen LogP contribution in [0.15, 0.2) is 59.3 Å². The van der Waals surface area contributed by atoms with Crippen LogP contribution in [0.1, 0.15) is 39.0 Å². The van der Waals surface area contributed by atoms with E-state index in [2.05, 4.69) is 5.16 Å². The molecule has 3 aromatic rings. The summed E-state index contributed by atoms with van der Waals surface area (Å²) >= 11 is 0. The molecule has 0 spiro atoms. The highest BCUT2D eigenvalue weighted by Gasteiger charge is 2.25. The van der Waals surface area contributed by atoms with Gasteiger partial charge in [0.2, 0.25) is 11.5 Å². The molecule has 7 heteroatoms. The van der Waals surface area contributed by atoms with Gasteiger partial charge in [0.1, 0.15) is 6.61 Å². The summed E-state index contributed by atoms with van der Waals surface area (Å²) in [6.45, 7) is 2.12. The summed E-state index contributed by atoms with van der Waals surface area (Å²) in [6.07, 6.45) is 1.35. The molecule has 0 amide bonds.